The molecule has 1 N–H and O–H groups in total. The van der Waals surface area contributed by atoms with E-state index in [0.717, 1.165) is 10.4 Å². The maximum absolute atomic E-state index is 10.6. The van der Waals surface area contributed by atoms with E-state index in [1.807, 2.05) is 32.2 Å². The molecule has 5 heteroatoms. The van der Waals surface area contributed by atoms with E-state index in [9.17, 15) is 4.79 Å². The fourth-order valence-corrected chi connectivity index (χ4v) is 1.81. The predicted octanol–water partition coefficient (Wildman–Crippen LogP) is 2.43. The van der Waals surface area contributed by atoms with Crippen molar-refractivity contribution in [2.24, 2.45) is 0 Å². The fourth-order valence-electron chi connectivity index (χ4n) is 0.943. The molecule has 0 unspecified atom stereocenters. The van der Waals surface area contributed by atoms with Crippen LogP contribution in [0.25, 0.3) is 10.7 Å². The minimum absolute atomic E-state index is 0.507. The van der Waals surface area contributed by atoms with Crippen molar-refractivity contribution in [3.05, 3.63) is 27.6 Å². The third-order valence-corrected chi connectivity index (χ3v) is 2.54. The summed E-state index contributed by atoms with van der Waals surface area (Å²) in [6, 6.07) is 1.97. The summed E-state index contributed by atoms with van der Waals surface area (Å²) < 4.78 is 4.39. The number of H-pyrrole nitrogens is 1. The van der Waals surface area contributed by atoms with Crippen LogP contribution < -0.4 is 5.76 Å². The second kappa shape index (κ2) is 4.76. The lowest BCUT2D eigenvalue weighted by atomic mass is 10.3. The van der Waals surface area contributed by atoms with Crippen LogP contribution in [0, 0.1) is 6.92 Å². The van der Waals surface area contributed by atoms with E-state index in [2.05, 4.69) is 14.7 Å². The Bertz CT molecular complexity index is 441. The molecular formula is C9H12N2O2S. The summed E-state index contributed by atoms with van der Waals surface area (Å²) in [5.41, 5.74) is 1.09. The summed E-state index contributed by atoms with van der Waals surface area (Å²) in [6.45, 7) is 5.96. The Kier molecular flexibility index (Phi) is 3.64. The maximum Gasteiger partial charge on any atom is 0.439 e. The minimum Gasteiger partial charge on any atom is -0.296 e. The normalized spacial score (nSPS) is 9.36. The molecule has 14 heavy (non-hydrogen) atoms. The van der Waals surface area contributed by atoms with Gasteiger partial charge in [-0.05, 0) is 23.9 Å². The average Bonchev–Trinajstić information content (AvgIpc) is 2.78. The van der Waals surface area contributed by atoms with Gasteiger partial charge in [0, 0.05) is 0 Å². The van der Waals surface area contributed by atoms with Crippen molar-refractivity contribution in [3.8, 4) is 10.7 Å². The summed E-state index contributed by atoms with van der Waals surface area (Å²) in [6.07, 6.45) is 0. The van der Waals surface area contributed by atoms with Gasteiger partial charge in [0.05, 0.1) is 4.88 Å². The highest BCUT2D eigenvalue weighted by Gasteiger charge is 2.07. The number of aromatic amines is 1. The Morgan fingerprint density at radius 2 is 2.21 bits per heavy atom. The second-order valence-corrected chi connectivity index (χ2v) is 3.29. The molecule has 2 rings (SSSR count). The van der Waals surface area contributed by atoms with E-state index in [-0.39, 0.29) is 0 Å². The van der Waals surface area contributed by atoms with Crippen molar-refractivity contribution in [1.29, 1.82) is 0 Å². The van der Waals surface area contributed by atoms with Gasteiger partial charge in [0.25, 0.3) is 0 Å². The van der Waals surface area contributed by atoms with Crippen LogP contribution in [-0.2, 0) is 0 Å². The van der Waals surface area contributed by atoms with Crippen LogP contribution in [0.5, 0.6) is 0 Å². The fraction of sp³-hybridized carbons (Fsp3) is 0.333. The molecule has 0 saturated heterocycles. The van der Waals surface area contributed by atoms with Crippen LogP contribution >= 0.6 is 11.3 Å². The monoisotopic (exact) mass is 212 g/mol. The Morgan fingerprint density at radius 1 is 1.50 bits per heavy atom. The largest absolute Gasteiger partial charge is 0.439 e. The molecule has 2 heterocycles. The van der Waals surface area contributed by atoms with E-state index in [1.165, 1.54) is 11.3 Å². The van der Waals surface area contributed by atoms with Crippen molar-refractivity contribution in [3.63, 3.8) is 0 Å². The minimum atomic E-state index is -0.516. The number of hydrogen-bond acceptors (Lipinski definition) is 4. The molecule has 0 fully saturated rings. The van der Waals surface area contributed by atoms with Gasteiger partial charge in [-0.1, -0.05) is 19.0 Å². The van der Waals surface area contributed by atoms with Gasteiger partial charge in [0.2, 0.25) is 0 Å². The first-order valence-electron chi connectivity index (χ1n) is 4.38. The molecule has 0 atom stereocenters. The summed E-state index contributed by atoms with van der Waals surface area (Å²) in [5, 5.41) is 5.53. The molecular weight excluding hydrogens is 200 g/mol. The number of aromatic nitrogens is 2. The Morgan fingerprint density at radius 3 is 2.64 bits per heavy atom. The summed E-state index contributed by atoms with van der Waals surface area (Å²) in [4.78, 5) is 14.1. The van der Waals surface area contributed by atoms with Crippen LogP contribution in [0.3, 0.4) is 0 Å². The molecule has 0 radical (unpaired) electrons. The summed E-state index contributed by atoms with van der Waals surface area (Å²) >= 11 is 1.52. The number of thiophene rings is 1. The van der Waals surface area contributed by atoms with Crippen LogP contribution in [-0.4, -0.2) is 10.1 Å². The van der Waals surface area contributed by atoms with Crippen LogP contribution in [0.15, 0.2) is 20.8 Å². The van der Waals surface area contributed by atoms with Crippen molar-refractivity contribution in [2.75, 3.05) is 0 Å². The van der Waals surface area contributed by atoms with E-state index in [1.54, 1.807) is 0 Å². The van der Waals surface area contributed by atoms with Crippen molar-refractivity contribution >= 4 is 11.3 Å². The number of aryl methyl sites for hydroxylation is 1. The highest BCUT2D eigenvalue weighted by Crippen LogP contribution is 2.24. The van der Waals surface area contributed by atoms with Gasteiger partial charge >= 0.3 is 5.76 Å². The van der Waals surface area contributed by atoms with Crippen LogP contribution in [0.1, 0.15) is 19.4 Å². The van der Waals surface area contributed by atoms with Crippen molar-refractivity contribution < 1.29 is 4.52 Å². The zero-order valence-electron chi connectivity index (χ0n) is 8.33. The van der Waals surface area contributed by atoms with Gasteiger partial charge in [-0.25, -0.2) is 4.79 Å². The number of nitrogens with one attached hydrogen (secondary N) is 1. The lowest BCUT2D eigenvalue weighted by molar-refractivity contribution is 0.388. The smallest absolute Gasteiger partial charge is 0.296 e. The topological polar surface area (TPSA) is 58.9 Å². The first kappa shape index (κ1) is 10.7. The van der Waals surface area contributed by atoms with E-state index in [4.69, 9.17) is 0 Å². The molecule has 0 spiro atoms. The standard InChI is InChI=1S/C7H6N2O2S.C2H6/c1-4-2-3-12-5(4)6-8-7(10)11-9-6;1-2/h2-3H,1H3,(H,8,9,10);1-2H3. The SMILES string of the molecule is CC.Cc1ccsc1-c1noc(=O)[nH]1. The molecule has 0 amide bonds. The molecule has 0 aromatic carbocycles. The molecule has 2 aromatic heterocycles. The first-order valence-corrected chi connectivity index (χ1v) is 5.26. The average molecular weight is 212 g/mol. The van der Waals surface area contributed by atoms with Gasteiger partial charge in [-0.15, -0.1) is 11.3 Å². The predicted molar refractivity (Wildman–Crippen MR) is 56.5 cm³/mol. The van der Waals surface area contributed by atoms with Gasteiger partial charge in [0.1, 0.15) is 0 Å². The lowest BCUT2D eigenvalue weighted by Gasteiger charge is -1.88. The Hall–Kier alpha value is -1.36. The Balaban J connectivity index is 0.000000461. The van der Waals surface area contributed by atoms with Gasteiger partial charge < -0.3 is 0 Å². The number of hydrogen-bond donors (Lipinski definition) is 1. The zero-order chi connectivity index (χ0) is 10.6. The lowest BCUT2D eigenvalue weighted by Crippen LogP contribution is -1.94. The quantitative estimate of drug-likeness (QED) is 0.789. The van der Waals surface area contributed by atoms with E-state index < -0.39 is 5.76 Å². The zero-order valence-corrected chi connectivity index (χ0v) is 9.14. The maximum atomic E-state index is 10.6. The second-order valence-electron chi connectivity index (χ2n) is 2.38. The number of rotatable bonds is 1. The molecule has 2 aromatic rings. The van der Waals surface area contributed by atoms with Gasteiger partial charge in [-0.2, -0.15) is 0 Å². The summed E-state index contributed by atoms with van der Waals surface area (Å²) in [5.74, 6) is -0.00898. The molecule has 0 aliphatic heterocycles. The van der Waals surface area contributed by atoms with Crippen LogP contribution in [0.4, 0.5) is 0 Å². The molecule has 0 saturated carbocycles. The molecule has 0 bridgehead atoms. The molecule has 76 valence electrons. The van der Waals surface area contributed by atoms with Gasteiger partial charge in [0.15, 0.2) is 5.82 Å². The van der Waals surface area contributed by atoms with Crippen molar-refractivity contribution in [2.45, 2.75) is 20.8 Å². The molecule has 4 nitrogen and oxygen atoms in total. The third-order valence-electron chi connectivity index (χ3n) is 1.52. The van der Waals surface area contributed by atoms with Gasteiger partial charge in [-0.3, -0.25) is 9.51 Å². The molecule has 0 aliphatic carbocycles. The highest BCUT2D eigenvalue weighted by atomic mass is 32.1. The molecule has 0 aliphatic rings. The van der Waals surface area contributed by atoms with E-state index >= 15 is 0 Å². The third kappa shape index (κ3) is 2.11. The Labute approximate surface area is 85.6 Å². The summed E-state index contributed by atoms with van der Waals surface area (Å²) in [7, 11) is 0. The highest BCUT2D eigenvalue weighted by molar-refractivity contribution is 7.13. The van der Waals surface area contributed by atoms with Crippen LogP contribution in [0.2, 0.25) is 0 Å². The van der Waals surface area contributed by atoms with E-state index in [0.29, 0.717) is 5.82 Å². The first-order chi connectivity index (χ1) is 6.77. The van der Waals surface area contributed by atoms with Crippen molar-refractivity contribution in [1.82, 2.24) is 10.1 Å². The number of nitrogens with zero attached hydrogens (tertiary/aromatic N) is 1.